The number of hydrogen-bond acceptors (Lipinski definition) is 2. The normalized spacial score (nSPS) is 24.6. The highest BCUT2D eigenvalue weighted by molar-refractivity contribution is 5.64. The first kappa shape index (κ1) is 12.3. The number of carboxylic acid groups (broad SMARTS) is 1. The van der Waals surface area contributed by atoms with Crippen LogP contribution in [0.2, 0.25) is 0 Å². The lowest BCUT2D eigenvalue weighted by molar-refractivity contribution is 0.127. The second-order valence-corrected chi connectivity index (χ2v) is 5.26. The molecule has 0 radical (unpaired) electrons. The summed E-state index contributed by atoms with van der Waals surface area (Å²) in [6.07, 6.45) is 2.32. The topological polar surface area (TPSA) is 52.6 Å². The van der Waals surface area contributed by atoms with Gasteiger partial charge in [0.1, 0.15) is 0 Å². The molecule has 0 aromatic rings. The molecule has 0 unspecified atom stereocenters. The van der Waals surface area contributed by atoms with Gasteiger partial charge in [0.25, 0.3) is 0 Å². The summed E-state index contributed by atoms with van der Waals surface area (Å²) in [6, 6.07) is 0.0872. The number of amides is 1. The molecule has 1 fully saturated rings. The molecule has 0 aliphatic carbocycles. The quantitative estimate of drug-likeness (QED) is 0.701. The predicted molar refractivity (Wildman–Crippen MR) is 60.1 cm³/mol. The first-order chi connectivity index (χ1) is 6.89. The second kappa shape index (κ2) is 4.84. The number of rotatable bonds is 1. The second-order valence-electron chi connectivity index (χ2n) is 5.26. The molecule has 88 valence electrons. The summed E-state index contributed by atoms with van der Waals surface area (Å²) < 4.78 is 0. The summed E-state index contributed by atoms with van der Waals surface area (Å²) in [4.78, 5) is 13.0. The van der Waals surface area contributed by atoms with E-state index in [0.717, 1.165) is 32.4 Å². The van der Waals surface area contributed by atoms with Crippen LogP contribution < -0.4 is 5.32 Å². The Morgan fingerprint density at radius 3 is 2.60 bits per heavy atom. The van der Waals surface area contributed by atoms with Crippen molar-refractivity contribution in [1.29, 1.82) is 0 Å². The van der Waals surface area contributed by atoms with Gasteiger partial charge in [0, 0.05) is 18.1 Å². The molecular formula is C11H22N2O2. The Morgan fingerprint density at radius 2 is 2.07 bits per heavy atom. The smallest absolute Gasteiger partial charge is 0.404 e. The number of carbonyl (C=O) groups is 1. The molecule has 1 heterocycles. The van der Waals surface area contributed by atoms with Crippen LogP contribution in [0.1, 0.15) is 40.0 Å². The Morgan fingerprint density at radius 1 is 1.40 bits per heavy atom. The van der Waals surface area contributed by atoms with Crippen molar-refractivity contribution in [3.63, 3.8) is 0 Å². The van der Waals surface area contributed by atoms with E-state index in [4.69, 9.17) is 5.11 Å². The summed E-state index contributed by atoms with van der Waals surface area (Å²) >= 11 is 0. The van der Waals surface area contributed by atoms with Gasteiger partial charge >= 0.3 is 6.09 Å². The van der Waals surface area contributed by atoms with E-state index >= 15 is 0 Å². The summed E-state index contributed by atoms with van der Waals surface area (Å²) in [5.74, 6) is 0. The molecule has 1 saturated heterocycles. The van der Waals surface area contributed by atoms with Crippen LogP contribution in [0.15, 0.2) is 0 Å². The highest BCUT2D eigenvalue weighted by atomic mass is 16.4. The van der Waals surface area contributed by atoms with E-state index in [-0.39, 0.29) is 11.6 Å². The molecule has 15 heavy (non-hydrogen) atoms. The molecule has 2 N–H and O–H groups in total. The molecule has 1 atom stereocenters. The van der Waals surface area contributed by atoms with E-state index in [1.54, 1.807) is 0 Å². The van der Waals surface area contributed by atoms with Crippen molar-refractivity contribution in [2.45, 2.75) is 51.6 Å². The molecular weight excluding hydrogens is 192 g/mol. The zero-order valence-electron chi connectivity index (χ0n) is 9.92. The number of likely N-dealkylation sites (tertiary alicyclic amines) is 1. The monoisotopic (exact) mass is 214 g/mol. The van der Waals surface area contributed by atoms with Gasteiger partial charge in [-0.25, -0.2) is 4.79 Å². The molecule has 1 aliphatic rings. The van der Waals surface area contributed by atoms with Crippen molar-refractivity contribution in [2.24, 2.45) is 0 Å². The zero-order valence-corrected chi connectivity index (χ0v) is 9.92. The van der Waals surface area contributed by atoms with E-state index < -0.39 is 6.09 Å². The molecule has 4 heteroatoms. The van der Waals surface area contributed by atoms with E-state index in [0.29, 0.717) is 0 Å². The third kappa shape index (κ3) is 4.08. The number of hydrogen-bond donors (Lipinski definition) is 2. The Kier molecular flexibility index (Phi) is 3.97. The summed E-state index contributed by atoms with van der Waals surface area (Å²) in [5, 5.41) is 11.3. The maximum atomic E-state index is 10.6. The van der Waals surface area contributed by atoms with Crippen LogP contribution in [0.25, 0.3) is 0 Å². The summed E-state index contributed by atoms with van der Waals surface area (Å²) in [5.41, 5.74) is 0.128. The van der Waals surface area contributed by atoms with Crippen molar-refractivity contribution in [2.75, 3.05) is 13.1 Å². The summed E-state index contributed by atoms with van der Waals surface area (Å²) in [7, 11) is 0. The van der Waals surface area contributed by atoms with Crippen LogP contribution in [0.4, 0.5) is 4.79 Å². The van der Waals surface area contributed by atoms with E-state index in [9.17, 15) is 4.79 Å². The lowest BCUT2D eigenvalue weighted by Gasteiger charge is -2.36. The molecule has 0 saturated carbocycles. The van der Waals surface area contributed by atoms with E-state index in [1.165, 1.54) is 0 Å². The minimum absolute atomic E-state index is 0.0872. The fourth-order valence-corrected chi connectivity index (χ4v) is 2.04. The maximum Gasteiger partial charge on any atom is 0.404 e. The van der Waals surface area contributed by atoms with E-state index in [2.05, 4.69) is 31.0 Å². The minimum atomic E-state index is -0.907. The first-order valence-electron chi connectivity index (χ1n) is 5.64. The fourth-order valence-electron chi connectivity index (χ4n) is 2.04. The van der Waals surface area contributed by atoms with Crippen LogP contribution in [-0.2, 0) is 0 Å². The molecule has 0 aromatic heterocycles. The minimum Gasteiger partial charge on any atom is -0.465 e. The van der Waals surface area contributed by atoms with Crippen LogP contribution in [0.5, 0.6) is 0 Å². The largest absolute Gasteiger partial charge is 0.465 e. The highest BCUT2D eigenvalue weighted by Gasteiger charge is 2.26. The van der Waals surface area contributed by atoms with Gasteiger partial charge in [-0.3, -0.25) is 4.90 Å². The lowest BCUT2D eigenvalue weighted by atomic mass is 10.1. The van der Waals surface area contributed by atoms with Crippen LogP contribution in [-0.4, -0.2) is 40.8 Å². The van der Waals surface area contributed by atoms with Crippen molar-refractivity contribution in [3.8, 4) is 0 Å². The van der Waals surface area contributed by atoms with Gasteiger partial charge in [-0.2, -0.15) is 0 Å². The van der Waals surface area contributed by atoms with Crippen molar-refractivity contribution >= 4 is 6.09 Å². The molecule has 1 rings (SSSR count). The number of nitrogens with one attached hydrogen (secondary N) is 1. The molecule has 1 aliphatic heterocycles. The molecule has 0 bridgehead atoms. The lowest BCUT2D eigenvalue weighted by Crippen LogP contribution is -2.49. The van der Waals surface area contributed by atoms with Gasteiger partial charge < -0.3 is 10.4 Å². The average molecular weight is 214 g/mol. The van der Waals surface area contributed by atoms with Gasteiger partial charge in [0.15, 0.2) is 0 Å². The van der Waals surface area contributed by atoms with Gasteiger partial charge in [-0.05, 0) is 40.2 Å². The molecule has 1 amide bonds. The SMILES string of the molecule is CC(C)(C)N1CCCC[C@H](NC(=O)O)C1. The van der Waals surface area contributed by atoms with Crippen molar-refractivity contribution in [3.05, 3.63) is 0 Å². The van der Waals surface area contributed by atoms with Crippen molar-refractivity contribution < 1.29 is 9.90 Å². The highest BCUT2D eigenvalue weighted by Crippen LogP contribution is 2.19. The molecule has 4 nitrogen and oxygen atoms in total. The Bertz CT molecular complexity index is 223. The van der Waals surface area contributed by atoms with Gasteiger partial charge in [-0.1, -0.05) is 6.42 Å². The zero-order chi connectivity index (χ0) is 11.5. The third-order valence-corrected chi connectivity index (χ3v) is 2.95. The van der Waals surface area contributed by atoms with Gasteiger partial charge in [0.05, 0.1) is 0 Å². The van der Waals surface area contributed by atoms with E-state index in [1.807, 2.05) is 0 Å². The number of nitrogens with zero attached hydrogens (tertiary/aromatic N) is 1. The van der Waals surface area contributed by atoms with Crippen LogP contribution >= 0.6 is 0 Å². The predicted octanol–water partition coefficient (Wildman–Crippen LogP) is 1.91. The summed E-state index contributed by atoms with van der Waals surface area (Å²) in [6.45, 7) is 8.43. The van der Waals surface area contributed by atoms with Crippen molar-refractivity contribution in [1.82, 2.24) is 10.2 Å². The van der Waals surface area contributed by atoms with Gasteiger partial charge in [-0.15, -0.1) is 0 Å². The Balaban J connectivity index is 2.57. The molecule has 0 spiro atoms. The fraction of sp³-hybridized carbons (Fsp3) is 0.909. The van der Waals surface area contributed by atoms with Crippen LogP contribution in [0, 0.1) is 0 Å². The van der Waals surface area contributed by atoms with Gasteiger partial charge in [0.2, 0.25) is 0 Å². The van der Waals surface area contributed by atoms with Crippen LogP contribution in [0.3, 0.4) is 0 Å². The Labute approximate surface area is 91.6 Å². The Hall–Kier alpha value is -0.770. The maximum absolute atomic E-state index is 10.6. The average Bonchev–Trinajstić information content (AvgIpc) is 2.27. The first-order valence-corrected chi connectivity index (χ1v) is 5.64. The molecule has 0 aromatic carbocycles. The third-order valence-electron chi connectivity index (χ3n) is 2.95. The standard InChI is InChI=1S/C11H22N2O2/c1-11(2,3)13-7-5-4-6-9(8-13)12-10(14)15/h9,12H,4-8H2,1-3H3,(H,14,15)/t9-/m0/s1.